The molecule has 0 fully saturated rings. The maximum atomic E-state index is 13.2. The van der Waals surface area contributed by atoms with Gasteiger partial charge in [0.05, 0.1) is 26.4 Å². The highest BCUT2D eigenvalue weighted by Gasteiger charge is 2.18. The number of nitrogens with zero attached hydrogens (tertiary/aromatic N) is 2. The van der Waals surface area contributed by atoms with Crippen LogP contribution in [0.3, 0.4) is 0 Å². The predicted molar refractivity (Wildman–Crippen MR) is 132 cm³/mol. The summed E-state index contributed by atoms with van der Waals surface area (Å²) in [4.78, 5) is 17.1. The Hall–Kier alpha value is -1.59. The van der Waals surface area contributed by atoms with Gasteiger partial charge in [0.25, 0.3) is 0 Å². The van der Waals surface area contributed by atoms with Gasteiger partial charge in [0.15, 0.2) is 0 Å². The molecule has 0 spiro atoms. The van der Waals surface area contributed by atoms with Gasteiger partial charge >= 0.3 is 0 Å². The predicted octanol–water partition coefficient (Wildman–Crippen LogP) is 0.413. The molecule has 0 unspecified atom stereocenters. The minimum atomic E-state index is 0.0535. The van der Waals surface area contributed by atoms with Crippen molar-refractivity contribution in [3.05, 3.63) is 35.9 Å². The SMILES string of the molecule is NCCCOCCN(CC(=O)N(CCOCCCN)CCOCCCN)Cc1ccccc1. The van der Waals surface area contributed by atoms with E-state index in [0.29, 0.717) is 92.0 Å². The number of carbonyl (C=O) groups is 1. The molecule has 9 nitrogen and oxygen atoms in total. The number of benzene rings is 1. The van der Waals surface area contributed by atoms with E-state index in [1.165, 1.54) is 0 Å². The number of carbonyl (C=O) groups excluding carboxylic acids is 1. The number of hydrogen-bond donors (Lipinski definition) is 3. The van der Waals surface area contributed by atoms with Crippen LogP contribution in [-0.4, -0.2) is 101 Å². The maximum absolute atomic E-state index is 13.2. The van der Waals surface area contributed by atoms with Gasteiger partial charge in [-0.25, -0.2) is 0 Å². The van der Waals surface area contributed by atoms with Gasteiger partial charge in [-0.1, -0.05) is 30.3 Å². The van der Waals surface area contributed by atoms with Gasteiger partial charge in [-0.05, 0) is 44.5 Å². The molecule has 0 saturated heterocycles. The molecule has 1 rings (SSSR count). The zero-order valence-corrected chi connectivity index (χ0v) is 20.2. The Morgan fingerprint density at radius 3 is 1.67 bits per heavy atom. The van der Waals surface area contributed by atoms with Gasteiger partial charge < -0.3 is 36.3 Å². The molecule has 0 aliphatic rings. The van der Waals surface area contributed by atoms with E-state index in [2.05, 4.69) is 17.0 Å². The fourth-order valence-corrected chi connectivity index (χ4v) is 3.11. The number of hydrogen-bond acceptors (Lipinski definition) is 8. The molecule has 0 aromatic heterocycles. The third kappa shape index (κ3) is 15.8. The number of amides is 1. The van der Waals surface area contributed by atoms with Gasteiger partial charge in [0, 0.05) is 46.0 Å². The maximum Gasteiger partial charge on any atom is 0.236 e. The molecule has 33 heavy (non-hydrogen) atoms. The van der Waals surface area contributed by atoms with Crippen molar-refractivity contribution in [1.29, 1.82) is 0 Å². The number of nitrogens with two attached hydrogens (primary N) is 3. The summed E-state index contributed by atoms with van der Waals surface area (Å²) in [6, 6.07) is 10.2. The first-order chi connectivity index (χ1) is 16.2. The second-order valence-electron chi connectivity index (χ2n) is 7.84. The zero-order chi connectivity index (χ0) is 24.0. The van der Waals surface area contributed by atoms with Crippen LogP contribution in [0.1, 0.15) is 24.8 Å². The molecule has 0 aliphatic carbocycles. The van der Waals surface area contributed by atoms with Gasteiger partial charge in [-0.2, -0.15) is 0 Å². The van der Waals surface area contributed by atoms with Crippen LogP contribution in [0.5, 0.6) is 0 Å². The highest BCUT2D eigenvalue weighted by molar-refractivity contribution is 5.78. The monoisotopic (exact) mass is 467 g/mol. The van der Waals surface area contributed by atoms with Crippen LogP contribution in [0.25, 0.3) is 0 Å². The van der Waals surface area contributed by atoms with E-state index in [0.717, 1.165) is 24.8 Å². The molecule has 0 radical (unpaired) electrons. The van der Waals surface area contributed by atoms with Crippen molar-refractivity contribution >= 4 is 5.91 Å². The number of ether oxygens (including phenoxy) is 3. The lowest BCUT2D eigenvalue weighted by Gasteiger charge is -2.27. The molecule has 9 heteroatoms. The number of rotatable bonds is 22. The van der Waals surface area contributed by atoms with E-state index < -0.39 is 0 Å². The summed E-state index contributed by atoms with van der Waals surface area (Å²) in [5.41, 5.74) is 17.7. The Balaban J connectivity index is 2.64. The molecule has 0 aliphatic heterocycles. The van der Waals surface area contributed by atoms with Crippen molar-refractivity contribution in [1.82, 2.24) is 9.80 Å². The molecule has 0 saturated carbocycles. The summed E-state index contributed by atoms with van der Waals surface area (Å²) < 4.78 is 16.9. The summed E-state index contributed by atoms with van der Waals surface area (Å²) in [6.45, 7) is 7.87. The van der Waals surface area contributed by atoms with Crippen LogP contribution in [0.4, 0.5) is 0 Å². The summed E-state index contributed by atoms with van der Waals surface area (Å²) in [6.07, 6.45) is 2.45. The third-order valence-electron chi connectivity index (χ3n) is 5.00. The molecule has 1 aromatic carbocycles. The first kappa shape index (κ1) is 29.4. The first-order valence-electron chi connectivity index (χ1n) is 12.1. The first-order valence-corrected chi connectivity index (χ1v) is 12.1. The molecule has 1 aromatic rings. The zero-order valence-electron chi connectivity index (χ0n) is 20.2. The molecule has 1 amide bonds. The lowest BCUT2D eigenvalue weighted by atomic mass is 10.2. The van der Waals surface area contributed by atoms with Crippen LogP contribution >= 0.6 is 0 Å². The van der Waals surface area contributed by atoms with Crippen molar-refractivity contribution in [3.8, 4) is 0 Å². The van der Waals surface area contributed by atoms with Crippen LogP contribution in [-0.2, 0) is 25.5 Å². The van der Waals surface area contributed by atoms with Crippen LogP contribution in [0, 0.1) is 0 Å². The van der Waals surface area contributed by atoms with Crippen molar-refractivity contribution in [2.75, 3.05) is 85.5 Å². The Labute approximate surface area is 199 Å². The van der Waals surface area contributed by atoms with Gasteiger partial charge in [-0.3, -0.25) is 9.69 Å². The minimum Gasteiger partial charge on any atom is -0.380 e. The summed E-state index contributed by atoms with van der Waals surface area (Å²) in [7, 11) is 0. The second kappa shape index (κ2) is 21.0. The molecular formula is C24H45N5O4. The van der Waals surface area contributed by atoms with Gasteiger partial charge in [0.2, 0.25) is 5.91 Å². The topological polar surface area (TPSA) is 129 Å². The molecule has 190 valence electrons. The summed E-state index contributed by atoms with van der Waals surface area (Å²) >= 11 is 0. The van der Waals surface area contributed by atoms with Crippen molar-refractivity contribution in [2.24, 2.45) is 17.2 Å². The average molecular weight is 468 g/mol. The van der Waals surface area contributed by atoms with E-state index in [1.54, 1.807) is 0 Å². The molecule has 6 N–H and O–H groups in total. The highest BCUT2D eigenvalue weighted by Crippen LogP contribution is 2.06. The lowest BCUT2D eigenvalue weighted by Crippen LogP contribution is -2.44. The smallest absolute Gasteiger partial charge is 0.236 e. The van der Waals surface area contributed by atoms with Gasteiger partial charge in [-0.15, -0.1) is 0 Å². The fraction of sp³-hybridized carbons (Fsp3) is 0.708. The van der Waals surface area contributed by atoms with E-state index in [1.807, 2.05) is 23.1 Å². The Morgan fingerprint density at radius 1 is 0.697 bits per heavy atom. The van der Waals surface area contributed by atoms with E-state index in [-0.39, 0.29) is 5.91 Å². The van der Waals surface area contributed by atoms with Crippen LogP contribution < -0.4 is 17.2 Å². The van der Waals surface area contributed by atoms with Crippen LogP contribution in [0.2, 0.25) is 0 Å². The van der Waals surface area contributed by atoms with E-state index in [4.69, 9.17) is 31.4 Å². The van der Waals surface area contributed by atoms with E-state index >= 15 is 0 Å². The minimum absolute atomic E-state index is 0.0535. The quantitative estimate of drug-likeness (QED) is 0.209. The van der Waals surface area contributed by atoms with E-state index in [9.17, 15) is 4.79 Å². The molecule has 0 atom stereocenters. The van der Waals surface area contributed by atoms with Crippen molar-refractivity contribution in [2.45, 2.75) is 25.8 Å². The average Bonchev–Trinajstić information content (AvgIpc) is 2.82. The Kier molecular flexibility index (Phi) is 18.7. The molecular weight excluding hydrogens is 422 g/mol. The van der Waals surface area contributed by atoms with Crippen molar-refractivity contribution < 1.29 is 19.0 Å². The largest absolute Gasteiger partial charge is 0.380 e. The summed E-state index contributed by atoms with van der Waals surface area (Å²) in [5.74, 6) is 0.0535. The third-order valence-corrected chi connectivity index (χ3v) is 5.00. The summed E-state index contributed by atoms with van der Waals surface area (Å²) in [5, 5.41) is 0. The fourth-order valence-electron chi connectivity index (χ4n) is 3.11. The normalized spacial score (nSPS) is 11.3. The van der Waals surface area contributed by atoms with Gasteiger partial charge in [0.1, 0.15) is 0 Å². The molecule has 0 heterocycles. The Morgan fingerprint density at radius 2 is 1.18 bits per heavy atom. The highest BCUT2D eigenvalue weighted by atomic mass is 16.5. The van der Waals surface area contributed by atoms with Crippen molar-refractivity contribution in [3.63, 3.8) is 0 Å². The standard InChI is InChI=1S/C24H45N5O4/c25-9-4-15-31-18-12-28(21-23-7-2-1-3-8-23)22-24(30)29(13-19-32-16-5-10-26)14-20-33-17-6-11-27/h1-3,7-8H,4-6,9-22,25-27H2. The van der Waals surface area contributed by atoms with Crippen LogP contribution in [0.15, 0.2) is 30.3 Å². The second-order valence-corrected chi connectivity index (χ2v) is 7.84. The Bertz CT molecular complexity index is 565. The lowest BCUT2D eigenvalue weighted by molar-refractivity contribution is -0.134. The molecule has 0 bridgehead atoms.